The topological polar surface area (TPSA) is 26.3 Å². The van der Waals surface area contributed by atoms with E-state index in [0.29, 0.717) is 6.42 Å². The lowest BCUT2D eigenvalue weighted by atomic mass is 9.81. The summed E-state index contributed by atoms with van der Waals surface area (Å²) in [5.74, 6) is -0.0366. The summed E-state index contributed by atoms with van der Waals surface area (Å²) >= 11 is 0. The molecule has 2 unspecified atom stereocenters. The van der Waals surface area contributed by atoms with Gasteiger partial charge in [0.1, 0.15) is 5.60 Å². The van der Waals surface area contributed by atoms with Gasteiger partial charge in [-0.05, 0) is 18.9 Å². The Morgan fingerprint density at radius 1 is 1.44 bits per heavy atom. The molecule has 1 aliphatic heterocycles. The van der Waals surface area contributed by atoms with Gasteiger partial charge in [0.25, 0.3) is 0 Å². The van der Waals surface area contributed by atoms with Crippen LogP contribution < -0.4 is 0 Å². The highest BCUT2D eigenvalue weighted by molar-refractivity contribution is 5.72. The molecule has 16 heavy (non-hydrogen) atoms. The largest absolute Gasteiger partial charge is 0.458 e. The molecule has 1 aromatic carbocycles. The fourth-order valence-corrected chi connectivity index (χ4v) is 2.33. The Bertz CT molecular complexity index is 396. The first-order valence-corrected chi connectivity index (χ1v) is 5.55. The van der Waals surface area contributed by atoms with Crippen molar-refractivity contribution in [2.45, 2.75) is 31.3 Å². The number of esters is 1. The van der Waals surface area contributed by atoms with E-state index in [1.165, 1.54) is 0 Å². The lowest BCUT2D eigenvalue weighted by Gasteiger charge is -2.30. The zero-order chi connectivity index (χ0) is 11.6. The van der Waals surface area contributed by atoms with Gasteiger partial charge in [0, 0.05) is 12.3 Å². The molecule has 0 N–H and O–H groups in total. The molecule has 0 aliphatic carbocycles. The minimum absolute atomic E-state index is 0.0696. The highest BCUT2D eigenvalue weighted by atomic mass is 16.6. The molecule has 1 saturated heterocycles. The number of ether oxygens (including phenoxy) is 1. The summed E-state index contributed by atoms with van der Waals surface area (Å²) in [5.41, 5.74) is 0.718. The van der Waals surface area contributed by atoms with Gasteiger partial charge in [-0.15, -0.1) is 6.58 Å². The molecule has 1 aromatic rings. The Labute approximate surface area is 95.9 Å². The van der Waals surface area contributed by atoms with Crippen LogP contribution in [-0.4, -0.2) is 11.6 Å². The first-order valence-electron chi connectivity index (χ1n) is 5.55. The summed E-state index contributed by atoms with van der Waals surface area (Å²) in [5, 5.41) is 0. The van der Waals surface area contributed by atoms with Crippen LogP contribution in [0.2, 0.25) is 0 Å². The van der Waals surface area contributed by atoms with Gasteiger partial charge in [-0.3, -0.25) is 4.79 Å². The molecule has 0 radical (unpaired) electrons. The minimum Gasteiger partial charge on any atom is -0.458 e. The van der Waals surface area contributed by atoms with Crippen LogP contribution in [0.5, 0.6) is 0 Å². The monoisotopic (exact) mass is 216 g/mol. The van der Waals surface area contributed by atoms with Gasteiger partial charge in [-0.25, -0.2) is 0 Å². The third kappa shape index (κ3) is 1.87. The molecule has 84 valence electrons. The van der Waals surface area contributed by atoms with Gasteiger partial charge in [0.15, 0.2) is 0 Å². The first-order chi connectivity index (χ1) is 7.65. The summed E-state index contributed by atoms with van der Waals surface area (Å²) in [6.07, 6.45) is 3.14. The normalized spacial score (nSPS) is 26.2. The van der Waals surface area contributed by atoms with Crippen molar-refractivity contribution in [3.63, 3.8) is 0 Å². The number of carbonyl (C=O) groups is 1. The Hall–Kier alpha value is -1.57. The van der Waals surface area contributed by atoms with E-state index in [0.717, 1.165) is 12.0 Å². The molecule has 0 saturated carbocycles. The van der Waals surface area contributed by atoms with Crippen LogP contribution in [-0.2, 0) is 9.53 Å². The molecule has 0 spiro atoms. The first kappa shape index (κ1) is 10.9. The second kappa shape index (κ2) is 4.12. The molecule has 2 rings (SSSR count). The molecule has 2 nitrogen and oxygen atoms in total. The molecule has 0 bridgehead atoms. The van der Waals surface area contributed by atoms with Crippen molar-refractivity contribution in [3.05, 3.63) is 48.6 Å². The lowest BCUT2D eigenvalue weighted by molar-refractivity contribution is -0.147. The average molecular weight is 216 g/mol. The van der Waals surface area contributed by atoms with Gasteiger partial charge in [-0.1, -0.05) is 36.4 Å². The molecular formula is C14H16O2. The molecular weight excluding hydrogens is 200 g/mol. The molecule has 0 aromatic heterocycles. The Balaban J connectivity index is 2.30. The van der Waals surface area contributed by atoms with Crippen molar-refractivity contribution >= 4 is 5.97 Å². The van der Waals surface area contributed by atoms with Gasteiger partial charge < -0.3 is 4.74 Å². The summed E-state index contributed by atoms with van der Waals surface area (Å²) < 4.78 is 5.45. The fraction of sp³-hybridized carbons (Fsp3) is 0.357. The van der Waals surface area contributed by atoms with Crippen LogP contribution >= 0.6 is 0 Å². The van der Waals surface area contributed by atoms with Crippen LogP contribution in [0.25, 0.3) is 0 Å². The maximum atomic E-state index is 11.3. The summed E-state index contributed by atoms with van der Waals surface area (Å²) in [7, 11) is 0. The van der Waals surface area contributed by atoms with Crippen molar-refractivity contribution in [1.29, 1.82) is 0 Å². The Morgan fingerprint density at radius 3 is 2.62 bits per heavy atom. The molecule has 2 atom stereocenters. The number of benzene rings is 1. The number of rotatable bonds is 3. The van der Waals surface area contributed by atoms with E-state index in [1.54, 1.807) is 0 Å². The lowest BCUT2D eigenvalue weighted by Crippen LogP contribution is -2.31. The van der Waals surface area contributed by atoms with Crippen LogP contribution in [0.1, 0.15) is 31.2 Å². The van der Waals surface area contributed by atoms with Crippen molar-refractivity contribution < 1.29 is 9.53 Å². The van der Waals surface area contributed by atoms with E-state index in [-0.39, 0.29) is 11.9 Å². The predicted molar refractivity (Wildman–Crippen MR) is 63.1 cm³/mol. The van der Waals surface area contributed by atoms with E-state index < -0.39 is 5.60 Å². The zero-order valence-corrected chi connectivity index (χ0v) is 9.48. The van der Waals surface area contributed by atoms with E-state index >= 15 is 0 Å². The average Bonchev–Trinajstić information content (AvgIpc) is 2.62. The third-order valence-corrected chi connectivity index (χ3v) is 3.22. The SMILES string of the molecule is C=CC(c1ccccc1)C1(C)CCC(=O)O1. The van der Waals surface area contributed by atoms with Crippen LogP contribution in [0, 0.1) is 0 Å². The van der Waals surface area contributed by atoms with Gasteiger partial charge in [0.2, 0.25) is 0 Å². The predicted octanol–water partition coefficient (Wildman–Crippen LogP) is 3.05. The van der Waals surface area contributed by atoms with E-state index in [4.69, 9.17) is 4.74 Å². The Kier molecular flexibility index (Phi) is 2.82. The van der Waals surface area contributed by atoms with Crippen LogP contribution in [0.3, 0.4) is 0 Å². The third-order valence-electron chi connectivity index (χ3n) is 3.22. The zero-order valence-electron chi connectivity index (χ0n) is 9.48. The van der Waals surface area contributed by atoms with Crippen molar-refractivity contribution in [2.24, 2.45) is 0 Å². The number of hydrogen-bond acceptors (Lipinski definition) is 2. The van der Waals surface area contributed by atoms with Gasteiger partial charge in [-0.2, -0.15) is 0 Å². The standard InChI is InChI=1S/C14H16O2/c1-3-12(11-7-5-4-6-8-11)14(2)10-9-13(15)16-14/h3-8,12H,1,9-10H2,2H3. The molecule has 2 heteroatoms. The number of hydrogen-bond donors (Lipinski definition) is 0. The highest BCUT2D eigenvalue weighted by Gasteiger charge is 2.42. The molecule has 1 aliphatic rings. The number of cyclic esters (lactones) is 1. The van der Waals surface area contributed by atoms with Crippen LogP contribution in [0.15, 0.2) is 43.0 Å². The van der Waals surface area contributed by atoms with Crippen molar-refractivity contribution in [1.82, 2.24) is 0 Å². The minimum atomic E-state index is -0.430. The second-order valence-electron chi connectivity index (χ2n) is 4.41. The van der Waals surface area contributed by atoms with E-state index in [2.05, 4.69) is 6.58 Å². The summed E-state index contributed by atoms with van der Waals surface area (Å²) in [6.45, 7) is 5.84. The smallest absolute Gasteiger partial charge is 0.306 e. The molecule has 0 amide bonds. The van der Waals surface area contributed by atoms with E-state index in [9.17, 15) is 4.79 Å². The van der Waals surface area contributed by atoms with Gasteiger partial charge in [0.05, 0.1) is 0 Å². The molecule has 1 heterocycles. The van der Waals surface area contributed by atoms with Gasteiger partial charge >= 0.3 is 5.97 Å². The summed E-state index contributed by atoms with van der Waals surface area (Å²) in [6, 6.07) is 10.1. The fourth-order valence-electron chi connectivity index (χ4n) is 2.33. The quantitative estimate of drug-likeness (QED) is 0.573. The van der Waals surface area contributed by atoms with Crippen molar-refractivity contribution in [2.75, 3.05) is 0 Å². The summed E-state index contributed by atoms with van der Waals surface area (Å²) in [4.78, 5) is 11.3. The van der Waals surface area contributed by atoms with E-state index in [1.807, 2.05) is 43.3 Å². The Morgan fingerprint density at radius 2 is 2.12 bits per heavy atom. The number of carbonyl (C=O) groups excluding carboxylic acids is 1. The maximum absolute atomic E-state index is 11.3. The van der Waals surface area contributed by atoms with Crippen LogP contribution in [0.4, 0.5) is 0 Å². The molecule has 1 fully saturated rings. The second-order valence-corrected chi connectivity index (χ2v) is 4.41. The maximum Gasteiger partial charge on any atom is 0.306 e. The van der Waals surface area contributed by atoms with Crippen molar-refractivity contribution in [3.8, 4) is 0 Å². The highest BCUT2D eigenvalue weighted by Crippen LogP contribution is 2.40.